The fourth-order valence-corrected chi connectivity index (χ4v) is 2.65. The molecule has 0 aliphatic heterocycles. The Hall–Kier alpha value is -0.380. The summed E-state index contributed by atoms with van der Waals surface area (Å²) in [6.07, 6.45) is 3.02. The molecule has 0 heterocycles. The number of carbonyl (C=O) groups excluding carboxylic acids is 1. The standard InChI is InChI=1S/C10H20O3S/c1-3-5-8-14(12,13)9-6-7-10(11)4-2/h3-9H2,1-2H3. The predicted molar refractivity (Wildman–Crippen MR) is 58.1 cm³/mol. The maximum Gasteiger partial charge on any atom is 0.150 e. The van der Waals surface area contributed by atoms with Crippen molar-refractivity contribution in [1.29, 1.82) is 0 Å². The van der Waals surface area contributed by atoms with Crippen LogP contribution in [0.3, 0.4) is 0 Å². The number of hydrogen-bond acceptors (Lipinski definition) is 3. The van der Waals surface area contributed by atoms with Gasteiger partial charge < -0.3 is 0 Å². The number of sulfone groups is 1. The molecule has 0 rings (SSSR count). The summed E-state index contributed by atoms with van der Waals surface area (Å²) in [6, 6.07) is 0. The number of hydrogen-bond donors (Lipinski definition) is 0. The van der Waals surface area contributed by atoms with E-state index in [4.69, 9.17) is 0 Å². The van der Waals surface area contributed by atoms with Crippen LogP contribution in [0.5, 0.6) is 0 Å². The molecule has 0 unspecified atom stereocenters. The summed E-state index contributed by atoms with van der Waals surface area (Å²) in [5, 5.41) is 0. The zero-order chi connectivity index (χ0) is 11.0. The van der Waals surface area contributed by atoms with Gasteiger partial charge in [-0.2, -0.15) is 0 Å². The molecule has 0 saturated carbocycles. The molecular weight excluding hydrogens is 200 g/mol. The molecule has 4 heteroatoms. The Kier molecular flexibility index (Phi) is 6.79. The predicted octanol–water partition coefficient (Wildman–Crippen LogP) is 1.96. The highest BCUT2D eigenvalue weighted by atomic mass is 32.2. The molecule has 0 atom stereocenters. The first-order valence-corrected chi connectivity index (χ1v) is 7.06. The van der Waals surface area contributed by atoms with E-state index in [0.717, 1.165) is 12.8 Å². The molecule has 0 aromatic carbocycles. The molecule has 0 aromatic rings. The van der Waals surface area contributed by atoms with Gasteiger partial charge in [-0.25, -0.2) is 8.42 Å². The molecule has 0 aliphatic rings. The van der Waals surface area contributed by atoms with Crippen LogP contribution in [0.1, 0.15) is 46.0 Å². The average Bonchev–Trinajstić information content (AvgIpc) is 2.14. The zero-order valence-electron chi connectivity index (χ0n) is 9.08. The van der Waals surface area contributed by atoms with Crippen molar-refractivity contribution >= 4 is 15.6 Å². The van der Waals surface area contributed by atoms with Crippen LogP contribution in [0.15, 0.2) is 0 Å². The van der Waals surface area contributed by atoms with Crippen LogP contribution < -0.4 is 0 Å². The summed E-state index contributed by atoms with van der Waals surface area (Å²) in [4.78, 5) is 10.9. The molecule has 0 saturated heterocycles. The Balaban J connectivity index is 3.71. The van der Waals surface area contributed by atoms with Crippen LogP contribution in [0.25, 0.3) is 0 Å². The van der Waals surface area contributed by atoms with Crippen molar-refractivity contribution in [3.05, 3.63) is 0 Å². The molecule has 84 valence electrons. The molecule has 0 aliphatic carbocycles. The first-order chi connectivity index (χ1) is 6.52. The number of rotatable bonds is 8. The molecule has 0 N–H and O–H groups in total. The van der Waals surface area contributed by atoms with Crippen molar-refractivity contribution in [3.63, 3.8) is 0 Å². The Morgan fingerprint density at radius 3 is 2.14 bits per heavy atom. The Morgan fingerprint density at radius 2 is 1.64 bits per heavy atom. The first-order valence-electron chi connectivity index (χ1n) is 5.24. The van der Waals surface area contributed by atoms with Gasteiger partial charge in [0.25, 0.3) is 0 Å². The highest BCUT2D eigenvalue weighted by Gasteiger charge is 2.10. The molecule has 0 aromatic heterocycles. The topological polar surface area (TPSA) is 51.2 Å². The van der Waals surface area contributed by atoms with Gasteiger partial charge in [0.2, 0.25) is 0 Å². The lowest BCUT2D eigenvalue weighted by Gasteiger charge is -2.02. The molecule has 0 amide bonds. The molecular formula is C10H20O3S. The van der Waals surface area contributed by atoms with Crippen LogP contribution in [-0.2, 0) is 14.6 Å². The van der Waals surface area contributed by atoms with Gasteiger partial charge in [0.15, 0.2) is 0 Å². The Morgan fingerprint density at radius 1 is 1.07 bits per heavy atom. The third-order valence-corrected chi connectivity index (χ3v) is 3.94. The maximum absolute atomic E-state index is 11.3. The lowest BCUT2D eigenvalue weighted by Crippen LogP contribution is -2.12. The summed E-state index contributed by atoms with van der Waals surface area (Å²) < 4.78 is 22.7. The van der Waals surface area contributed by atoms with Gasteiger partial charge in [-0.1, -0.05) is 20.3 Å². The molecule has 0 radical (unpaired) electrons. The maximum atomic E-state index is 11.3. The summed E-state index contributed by atoms with van der Waals surface area (Å²) in [6.45, 7) is 3.77. The normalized spacial score (nSPS) is 11.6. The summed E-state index contributed by atoms with van der Waals surface area (Å²) >= 11 is 0. The van der Waals surface area contributed by atoms with Crippen molar-refractivity contribution in [3.8, 4) is 0 Å². The highest BCUT2D eigenvalue weighted by Crippen LogP contribution is 2.02. The SMILES string of the molecule is CCCCS(=O)(=O)CCCC(=O)CC. The van der Waals surface area contributed by atoms with Crippen molar-refractivity contribution in [1.82, 2.24) is 0 Å². The minimum absolute atomic E-state index is 0.149. The number of Topliss-reactive ketones (excluding diaryl/α,β-unsaturated/α-hetero) is 1. The van der Waals surface area contributed by atoms with E-state index >= 15 is 0 Å². The van der Waals surface area contributed by atoms with Crippen molar-refractivity contribution in [2.45, 2.75) is 46.0 Å². The third kappa shape index (κ3) is 7.06. The van der Waals surface area contributed by atoms with Crippen LogP contribution in [0, 0.1) is 0 Å². The van der Waals surface area contributed by atoms with Crippen LogP contribution in [0.4, 0.5) is 0 Å². The average molecular weight is 220 g/mol. The third-order valence-electron chi connectivity index (χ3n) is 2.11. The lowest BCUT2D eigenvalue weighted by molar-refractivity contribution is -0.118. The summed E-state index contributed by atoms with van der Waals surface area (Å²) in [7, 11) is -2.90. The van der Waals surface area contributed by atoms with E-state index in [1.807, 2.05) is 6.92 Å². The minimum Gasteiger partial charge on any atom is -0.300 e. The van der Waals surface area contributed by atoms with Gasteiger partial charge >= 0.3 is 0 Å². The van der Waals surface area contributed by atoms with E-state index in [1.54, 1.807) is 6.92 Å². The van der Waals surface area contributed by atoms with Gasteiger partial charge in [-0.05, 0) is 12.8 Å². The minimum atomic E-state index is -2.90. The van der Waals surface area contributed by atoms with E-state index in [9.17, 15) is 13.2 Å². The second-order valence-electron chi connectivity index (χ2n) is 3.50. The Labute approximate surface area is 86.8 Å². The van der Waals surface area contributed by atoms with Crippen LogP contribution in [-0.4, -0.2) is 25.7 Å². The number of unbranched alkanes of at least 4 members (excludes halogenated alkanes) is 1. The second-order valence-corrected chi connectivity index (χ2v) is 5.80. The molecule has 3 nitrogen and oxygen atoms in total. The summed E-state index contributed by atoms with van der Waals surface area (Å²) in [5.41, 5.74) is 0. The van der Waals surface area contributed by atoms with Crippen molar-refractivity contribution < 1.29 is 13.2 Å². The van der Waals surface area contributed by atoms with Crippen molar-refractivity contribution in [2.75, 3.05) is 11.5 Å². The van der Waals surface area contributed by atoms with Gasteiger partial charge in [0.1, 0.15) is 15.6 Å². The molecule has 0 spiro atoms. The first kappa shape index (κ1) is 13.6. The van der Waals surface area contributed by atoms with Gasteiger partial charge in [-0.15, -0.1) is 0 Å². The van der Waals surface area contributed by atoms with E-state index in [2.05, 4.69) is 0 Å². The molecule has 0 fully saturated rings. The van der Waals surface area contributed by atoms with Gasteiger partial charge in [0.05, 0.1) is 11.5 Å². The van der Waals surface area contributed by atoms with Gasteiger partial charge in [0, 0.05) is 12.8 Å². The monoisotopic (exact) mass is 220 g/mol. The van der Waals surface area contributed by atoms with E-state index in [1.165, 1.54) is 0 Å². The lowest BCUT2D eigenvalue weighted by atomic mass is 10.2. The largest absolute Gasteiger partial charge is 0.300 e. The van der Waals surface area contributed by atoms with E-state index in [0.29, 0.717) is 19.3 Å². The van der Waals surface area contributed by atoms with E-state index < -0.39 is 9.84 Å². The van der Waals surface area contributed by atoms with Crippen LogP contribution in [0.2, 0.25) is 0 Å². The highest BCUT2D eigenvalue weighted by molar-refractivity contribution is 7.91. The number of carbonyl (C=O) groups is 1. The van der Waals surface area contributed by atoms with Gasteiger partial charge in [-0.3, -0.25) is 4.79 Å². The molecule has 14 heavy (non-hydrogen) atoms. The quantitative estimate of drug-likeness (QED) is 0.628. The zero-order valence-corrected chi connectivity index (χ0v) is 9.90. The summed E-state index contributed by atoms with van der Waals surface area (Å²) in [5.74, 6) is 0.582. The van der Waals surface area contributed by atoms with E-state index in [-0.39, 0.29) is 17.3 Å². The van der Waals surface area contributed by atoms with Crippen molar-refractivity contribution in [2.24, 2.45) is 0 Å². The number of ketones is 1. The second kappa shape index (κ2) is 6.98. The Bertz CT molecular complexity index is 255. The molecule has 0 bridgehead atoms. The smallest absolute Gasteiger partial charge is 0.150 e. The fourth-order valence-electron chi connectivity index (χ4n) is 1.13. The van der Waals surface area contributed by atoms with Crippen LogP contribution >= 0.6 is 0 Å². The fraction of sp³-hybridized carbons (Fsp3) is 0.900.